The van der Waals surface area contributed by atoms with Gasteiger partial charge in [0.1, 0.15) is 6.04 Å². The molecule has 1 atom stereocenters. The van der Waals surface area contributed by atoms with Crippen molar-refractivity contribution in [2.45, 2.75) is 32.7 Å². The van der Waals surface area contributed by atoms with E-state index in [1.165, 1.54) is 0 Å². The molecule has 0 aliphatic rings. The van der Waals surface area contributed by atoms with Crippen molar-refractivity contribution in [3.63, 3.8) is 0 Å². The molecule has 23 heavy (non-hydrogen) atoms. The molecular weight excluding hydrogens is 300 g/mol. The number of pyridine rings is 1. The van der Waals surface area contributed by atoms with Crippen LogP contribution < -0.4 is 5.32 Å². The fraction of sp³-hybridized carbons (Fsp3) is 0.400. The van der Waals surface area contributed by atoms with E-state index in [0.717, 1.165) is 5.56 Å². The number of nitrogens with one attached hydrogen (secondary N) is 1. The van der Waals surface area contributed by atoms with Gasteiger partial charge in [0.05, 0.1) is 0 Å². The summed E-state index contributed by atoms with van der Waals surface area (Å²) in [5, 5.41) is 15.4. The molecule has 2 N–H and O–H groups in total. The van der Waals surface area contributed by atoms with Gasteiger partial charge in [-0.05, 0) is 18.1 Å². The molecule has 1 amide bonds. The minimum atomic E-state index is -1.05. The molecule has 2 heterocycles. The number of hydrogen-bond donors (Lipinski definition) is 2. The minimum Gasteiger partial charge on any atom is -0.480 e. The molecule has 0 aromatic carbocycles. The second-order valence-corrected chi connectivity index (χ2v) is 5.38. The van der Waals surface area contributed by atoms with Crippen molar-refractivity contribution in [1.29, 1.82) is 0 Å². The maximum absolute atomic E-state index is 11.8. The first-order valence-electron chi connectivity index (χ1n) is 7.22. The molecule has 0 saturated heterocycles. The van der Waals surface area contributed by atoms with E-state index in [1.807, 2.05) is 0 Å². The molecule has 0 radical (unpaired) electrons. The lowest BCUT2D eigenvalue weighted by atomic mass is 10.0. The third-order valence-corrected chi connectivity index (χ3v) is 3.22. The van der Waals surface area contributed by atoms with Gasteiger partial charge >= 0.3 is 5.97 Å². The largest absolute Gasteiger partial charge is 0.480 e. The Hall–Kier alpha value is -2.77. The van der Waals surface area contributed by atoms with E-state index in [2.05, 4.69) is 20.4 Å². The Morgan fingerprint density at radius 1 is 1.30 bits per heavy atom. The predicted octanol–water partition coefficient (Wildman–Crippen LogP) is 1.29. The summed E-state index contributed by atoms with van der Waals surface area (Å²) in [5.41, 5.74) is 0.769. The van der Waals surface area contributed by atoms with E-state index in [1.54, 1.807) is 38.4 Å². The van der Waals surface area contributed by atoms with Crippen LogP contribution in [0.2, 0.25) is 0 Å². The van der Waals surface area contributed by atoms with Gasteiger partial charge in [-0.2, -0.15) is 4.98 Å². The predicted molar refractivity (Wildman–Crippen MR) is 80.3 cm³/mol. The standard InChI is InChI=1S/C15H18N4O4/c1-9(2)13(15(21)22)17-11(20)3-4-12-18-14(19-23-12)10-5-7-16-8-6-10/h5-9,13H,3-4H2,1-2H3,(H,17,20)(H,21,22)/t13-/m0/s1. The fourth-order valence-corrected chi connectivity index (χ4v) is 1.95. The number of carboxylic acids is 1. The van der Waals surface area contributed by atoms with Gasteiger partial charge < -0.3 is 14.9 Å². The summed E-state index contributed by atoms with van der Waals surface area (Å²) in [6.45, 7) is 3.47. The maximum Gasteiger partial charge on any atom is 0.326 e. The van der Waals surface area contributed by atoms with Gasteiger partial charge in [-0.3, -0.25) is 9.78 Å². The third-order valence-electron chi connectivity index (χ3n) is 3.22. The molecule has 0 unspecified atom stereocenters. The molecular formula is C15H18N4O4. The van der Waals surface area contributed by atoms with E-state index < -0.39 is 12.0 Å². The molecule has 2 aromatic heterocycles. The van der Waals surface area contributed by atoms with Gasteiger partial charge in [0.15, 0.2) is 0 Å². The average Bonchev–Trinajstić information content (AvgIpc) is 3.00. The van der Waals surface area contributed by atoms with Crippen LogP contribution in [0.4, 0.5) is 0 Å². The first-order valence-corrected chi connectivity index (χ1v) is 7.22. The number of amides is 1. The normalized spacial score (nSPS) is 12.1. The van der Waals surface area contributed by atoms with Gasteiger partial charge in [0.25, 0.3) is 0 Å². The van der Waals surface area contributed by atoms with Gasteiger partial charge in [-0.25, -0.2) is 4.79 Å². The van der Waals surface area contributed by atoms with Gasteiger partial charge in [-0.1, -0.05) is 19.0 Å². The zero-order chi connectivity index (χ0) is 16.8. The van der Waals surface area contributed by atoms with Crippen molar-refractivity contribution in [1.82, 2.24) is 20.4 Å². The summed E-state index contributed by atoms with van der Waals surface area (Å²) >= 11 is 0. The van der Waals surface area contributed by atoms with Gasteiger partial charge in [-0.15, -0.1) is 0 Å². The highest BCUT2D eigenvalue weighted by Gasteiger charge is 2.23. The van der Waals surface area contributed by atoms with Crippen LogP contribution in [0.1, 0.15) is 26.2 Å². The lowest BCUT2D eigenvalue weighted by Gasteiger charge is -2.17. The second kappa shape index (κ2) is 7.48. The number of carbonyl (C=O) groups is 2. The van der Waals surface area contributed by atoms with Crippen LogP contribution in [-0.4, -0.2) is 38.1 Å². The van der Waals surface area contributed by atoms with Crippen LogP contribution in [0.3, 0.4) is 0 Å². The Labute approximate surface area is 132 Å². The lowest BCUT2D eigenvalue weighted by Crippen LogP contribution is -2.44. The van der Waals surface area contributed by atoms with Gasteiger partial charge in [0.2, 0.25) is 17.6 Å². The molecule has 0 spiro atoms. The molecule has 8 nitrogen and oxygen atoms in total. The molecule has 0 fully saturated rings. The van der Waals surface area contributed by atoms with Crippen LogP contribution in [0, 0.1) is 5.92 Å². The highest BCUT2D eigenvalue weighted by molar-refractivity contribution is 5.83. The number of aliphatic carboxylic acids is 1. The Bertz CT molecular complexity index is 669. The number of aromatic nitrogens is 3. The second-order valence-electron chi connectivity index (χ2n) is 5.38. The zero-order valence-electron chi connectivity index (χ0n) is 12.9. The van der Waals surface area contributed by atoms with Crippen molar-refractivity contribution in [3.05, 3.63) is 30.4 Å². The minimum absolute atomic E-state index is 0.0779. The first kappa shape index (κ1) is 16.6. The Kier molecular flexibility index (Phi) is 5.40. The van der Waals surface area contributed by atoms with Crippen molar-refractivity contribution in [2.75, 3.05) is 0 Å². The molecule has 0 bridgehead atoms. The molecule has 8 heteroatoms. The van der Waals surface area contributed by atoms with Crippen molar-refractivity contribution in [3.8, 4) is 11.4 Å². The number of aryl methyl sites for hydroxylation is 1. The maximum atomic E-state index is 11.8. The van der Waals surface area contributed by atoms with Crippen LogP contribution in [0.25, 0.3) is 11.4 Å². The van der Waals surface area contributed by atoms with Crippen molar-refractivity contribution < 1.29 is 19.2 Å². The van der Waals surface area contributed by atoms with Crippen LogP contribution in [0.15, 0.2) is 29.0 Å². The third kappa shape index (κ3) is 4.60. The molecule has 2 rings (SSSR count). The summed E-state index contributed by atoms with van der Waals surface area (Å²) < 4.78 is 5.09. The molecule has 0 aliphatic carbocycles. The van der Waals surface area contributed by atoms with Gasteiger partial charge in [0, 0.05) is 30.8 Å². The van der Waals surface area contributed by atoms with Crippen LogP contribution >= 0.6 is 0 Å². The van der Waals surface area contributed by atoms with Crippen molar-refractivity contribution in [2.24, 2.45) is 5.92 Å². The van der Waals surface area contributed by atoms with E-state index in [0.29, 0.717) is 11.7 Å². The first-order chi connectivity index (χ1) is 11.0. The molecule has 0 aliphatic heterocycles. The highest BCUT2D eigenvalue weighted by Crippen LogP contribution is 2.14. The van der Waals surface area contributed by atoms with E-state index >= 15 is 0 Å². The SMILES string of the molecule is CC(C)[C@H](NC(=O)CCc1nc(-c2ccncc2)no1)C(=O)O. The summed E-state index contributed by atoms with van der Waals surface area (Å²) in [5.74, 6) is -0.865. The van der Waals surface area contributed by atoms with Crippen molar-refractivity contribution >= 4 is 11.9 Å². The summed E-state index contributed by atoms with van der Waals surface area (Å²) in [7, 11) is 0. The van der Waals surface area contributed by atoms with E-state index in [-0.39, 0.29) is 24.7 Å². The topological polar surface area (TPSA) is 118 Å². The quantitative estimate of drug-likeness (QED) is 0.789. The Morgan fingerprint density at radius 3 is 2.61 bits per heavy atom. The molecule has 122 valence electrons. The highest BCUT2D eigenvalue weighted by atomic mass is 16.5. The monoisotopic (exact) mass is 318 g/mol. The number of rotatable bonds is 7. The average molecular weight is 318 g/mol. The number of carbonyl (C=O) groups excluding carboxylic acids is 1. The Morgan fingerprint density at radius 2 is 2.00 bits per heavy atom. The lowest BCUT2D eigenvalue weighted by molar-refractivity contribution is -0.143. The molecule has 2 aromatic rings. The summed E-state index contributed by atoms with van der Waals surface area (Å²) in [6, 6.07) is 2.60. The van der Waals surface area contributed by atoms with E-state index in [4.69, 9.17) is 9.63 Å². The molecule has 0 saturated carbocycles. The zero-order valence-corrected chi connectivity index (χ0v) is 12.9. The number of carboxylic acid groups (broad SMARTS) is 1. The number of nitrogens with zero attached hydrogens (tertiary/aromatic N) is 3. The van der Waals surface area contributed by atoms with Crippen LogP contribution in [0.5, 0.6) is 0 Å². The smallest absolute Gasteiger partial charge is 0.326 e. The van der Waals surface area contributed by atoms with E-state index in [9.17, 15) is 9.59 Å². The van der Waals surface area contributed by atoms with Crippen LogP contribution in [-0.2, 0) is 16.0 Å². The summed E-state index contributed by atoms with van der Waals surface area (Å²) in [4.78, 5) is 31.0. The fourth-order valence-electron chi connectivity index (χ4n) is 1.95. The summed E-state index contributed by atoms with van der Waals surface area (Å²) in [6.07, 6.45) is 3.57. The Balaban J connectivity index is 1.90. The number of hydrogen-bond acceptors (Lipinski definition) is 6.